The Balaban J connectivity index is 3.41. The molecular formula is C13H10F3N3. The number of halogens is 3. The molecule has 0 spiro atoms. The fourth-order valence-electron chi connectivity index (χ4n) is 1.52. The molecule has 98 valence electrons. The van der Waals surface area contributed by atoms with E-state index in [2.05, 4.69) is 0 Å². The van der Waals surface area contributed by atoms with E-state index in [-0.39, 0.29) is 16.8 Å². The second kappa shape index (κ2) is 5.45. The van der Waals surface area contributed by atoms with E-state index in [1.807, 2.05) is 0 Å². The highest BCUT2D eigenvalue weighted by molar-refractivity contribution is 5.66. The third kappa shape index (κ3) is 3.49. The fourth-order valence-corrected chi connectivity index (χ4v) is 1.52. The first-order chi connectivity index (χ1) is 8.79. The highest BCUT2D eigenvalue weighted by atomic mass is 19.4. The lowest BCUT2D eigenvalue weighted by Gasteiger charge is -2.19. The van der Waals surface area contributed by atoms with Gasteiger partial charge in [-0.1, -0.05) is 6.07 Å². The van der Waals surface area contributed by atoms with Gasteiger partial charge < -0.3 is 4.90 Å². The van der Waals surface area contributed by atoms with Crippen LogP contribution in [0.15, 0.2) is 23.8 Å². The summed E-state index contributed by atoms with van der Waals surface area (Å²) in [6.45, 7) is 0. The zero-order valence-electron chi connectivity index (χ0n) is 10.3. The minimum Gasteiger partial charge on any atom is -0.377 e. The molecule has 1 aromatic rings. The number of nitriles is 2. The first-order valence-electron chi connectivity index (χ1n) is 5.20. The van der Waals surface area contributed by atoms with Crippen molar-refractivity contribution in [2.24, 2.45) is 0 Å². The van der Waals surface area contributed by atoms with Crippen molar-refractivity contribution in [3.05, 3.63) is 34.9 Å². The van der Waals surface area contributed by atoms with E-state index < -0.39 is 11.7 Å². The molecule has 0 N–H and O–H groups in total. The topological polar surface area (TPSA) is 50.8 Å². The Labute approximate surface area is 108 Å². The molecule has 0 aliphatic heterocycles. The first-order valence-corrected chi connectivity index (χ1v) is 5.20. The van der Waals surface area contributed by atoms with Gasteiger partial charge in [0.2, 0.25) is 0 Å². The largest absolute Gasteiger partial charge is 0.418 e. The lowest BCUT2D eigenvalue weighted by Crippen LogP contribution is -2.16. The molecular weight excluding hydrogens is 255 g/mol. The van der Waals surface area contributed by atoms with Gasteiger partial charge in [-0.25, -0.2) is 0 Å². The van der Waals surface area contributed by atoms with Crippen molar-refractivity contribution in [1.29, 1.82) is 10.5 Å². The van der Waals surface area contributed by atoms with Gasteiger partial charge in [-0.05, 0) is 23.8 Å². The molecule has 0 saturated heterocycles. The zero-order valence-corrected chi connectivity index (χ0v) is 10.3. The molecule has 0 atom stereocenters. The molecule has 1 rings (SSSR count). The number of nitrogens with zero attached hydrogens (tertiary/aromatic N) is 3. The Morgan fingerprint density at radius 2 is 1.79 bits per heavy atom. The van der Waals surface area contributed by atoms with Crippen LogP contribution >= 0.6 is 0 Å². The van der Waals surface area contributed by atoms with Crippen LogP contribution in [-0.2, 0) is 6.18 Å². The van der Waals surface area contributed by atoms with Crippen molar-refractivity contribution in [1.82, 2.24) is 0 Å². The average Bonchev–Trinajstić information content (AvgIpc) is 2.34. The van der Waals surface area contributed by atoms with Gasteiger partial charge in [-0.3, -0.25) is 0 Å². The third-order valence-corrected chi connectivity index (χ3v) is 2.36. The summed E-state index contributed by atoms with van der Waals surface area (Å²) in [5.41, 5.74) is -0.858. The second-order valence-corrected chi connectivity index (χ2v) is 3.95. The third-order valence-electron chi connectivity index (χ3n) is 2.36. The number of hydrogen-bond acceptors (Lipinski definition) is 3. The lowest BCUT2D eigenvalue weighted by molar-refractivity contribution is -0.137. The maximum atomic E-state index is 12.9. The Kier molecular flexibility index (Phi) is 4.18. The zero-order chi connectivity index (χ0) is 14.6. The molecule has 0 aliphatic rings. The maximum absolute atomic E-state index is 12.9. The molecule has 0 saturated carbocycles. The van der Waals surface area contributed by atoms with Gasteiger partial charge in [0.05, 0.1) is 5.56 Å². The van der Waals surface area contributed by atoms with Crippen molar-refractivity contribution >= 4 is 11.8 Å². The summed E-state index contributed by atoms with van der Waals surface area (Å²) in [5.74, 6) is 0. The standard InChI is InChI=1S/C13H10F3N3/c1-19(2)12-4-3-9(5-10(7-17)8-18)6-11(12)13(14,15)16/h3-6H,1-2H3. The average molecular weight is 265 g/mol. The quantitative estimate of drug-likeness (QED) is 0.771. The van der Waals surface area contributed by atoms with Crippen LogP contribution in [-0.4, -0.2) is 14.1 Å². The van der Waals surface area contributed by atoms with E-state index in [0.29, 0.717) is 0 Å². The number of alkyl halides is 3. The van der Waals surface area contributed by atoms with Gasteiger partial charge in [-0.15, -0.1) is 0 Å². The summed E-state index contributed by atoms with van der Waals surface area (Å²) in [6, 6.07) is 6.87. The molecule has 0 heterocycles. The van der Waals surface area contributed by atoms with Crippen LogP contribution in [0.2, 0.25) is 0 Å². The van der Waals surface area contributed by atoms with E-state index in [0.717, 1.165) is 12.1 Å². The smallest absolute Gasteiger partial charge is 0.377 e. The highest BCUT2D eigenvalue weighted by Crippen LogP contribution is 2.36. The van der Waals surface area contributed by atoms with E-state index in [1.54, 1.807) is 12.1 Å². The van der Waals surface area contributed by atoms with Gasteiger partial charge in [0.25, 0.3) is 0 Å². The Bertz CT molecular complexity index is 571. The van der Waals surface area contributed by atoms with Gasteiger partial charge in [-0.2, -0.15) is 23.7 Å². The minimum absolute atomic E-state index is 0.0279. The lowest BCUT2D eigenvalue weighted by atomic mass is 10.1. The monoisotopic (exact) mass is 265 g/mol. The van der Waals surface area contributed by atoms with Crippen LogP contribution in [0, 0.1) is 22.7 Å². The molecule has 1 aromatic carbocycles. The summed E-state index contributed by atoms with van der Waals surface area (Å²) in [6.07, 6.45) is -3.38. The predicted molar refractivity (Wildman–Crippen MR) is 65.0 cm³/mol. The summed E-state index contributed by atoms with van der Waals surface area (Å²) >= 11 is 0. The SMILES string of the molecule is CN(C)c1ccc(C=C(C#N)C#N)cc1C(F)(F)F. The Morgan fingerprint density at radius 1 is 1.21 bits per heavy atom. The fraction of sp³-hybridized carbons (Fsp3) is 0.231. The number of rotatable bonds is 2. The van der Waals surface area contributed by atoms with Crippen molar-refractivity contribution in [2.45, 2.75) is 6.18 Å². The van der Waals surface area contributed by atoms with Crippen LogP contribution < -0.4 is 4.90 Å². The van der Waals surface area contributed by atoms with E-state index in [1.165, 1.54) is 31.1 Å². The van der Waals surface area contributed by atoms with Crippen LogP contribution in [0.5, 0.6) is 0 Å². The van der Waals surface area contributed by atoms with Crippen LogP contribution in [0.1, 0.15) is 11.1 Å². The predicted octanol–water partition coefficient (Wildman–Crippen LogP) is 3.20. The summed E-state index contributed by atoms with van der Waals surface area (Å²) in [5, 5.41) is 17.2. The normalized spacial score (nSPS) is 10.3. The molecule has 0 unspecified atom stereocenters. The summed E-state index contributed by atoms with van der Waals surface area (Å²) < 4.78 is 38.7. The van der Waals surface area contributed by atoms with Crippen molar-refractivity contribution in [3.8, 4) is 12.1 Å². The van der Waals surface area contributed by atoms with E-state index in [9.17, 15) is 13.2 Å². The molecule has 0 aliphatic carbocycles. The van der Waals surface area contributed by atoms with Crippen LogP contribution in [0.4, 0.5) is 18.9 Å². The Morgan fingerprint density at radius 3 is 2.21 bits per heavy atom. The Hall–Kier alpha value is -2.47. The number of anilines is 1. The summed E-state index contributed by atoms with van der Waals surface area (Å²) in [4.78, 5) is 1.35. The van der Waals surface area contributed by atoms with E-state index >= 15 is 0 Å². The number of hydrogen-bond donors (Lipinski definition) is 0. The molecule has 6 heteroatoms. The second-order valence-electron chi connectivity index (χ2n) is 3.95. The molecule has 19 heavy (non-hydrogen) atoms. The van der Waals surface area contributed by atoms with Gasteiger partial charge >= 0.3 is 6.18 Å². The van der Waals surface area contributed by atoms with Gasteiger partial charge in [0, 0.05) is 19.8 Å². The molecule has 0 bridgehead atoms. The molecule has 3 nitrogen and oxygen atoms in total. The van der Waals surface area contributed by atoms with Gasteiger partial charge in [0.15, 0.2) is 0 Å². The first kappa shape index (κ1) is 14.6. The summed E-state index contributed by atoms with van der Waals surface area (Å²) in [7, 11) is 3.02. The molecule has 0 amide bonds. The van der Waals surface area contributed by atoms with Gasteiger partial charge in [0.1, 0.15) is 17.7 Å². The highest BCUT2D eigenvalue weighted by Gasteiger charge is 2.34. The van der Waals surface area contributed by atoms with Crippen molar-refractivity contribution in [2.75, 3.05) is 19.0 Å². The van der Waals surface area contributed by atoms with E-state index in [4.69, 9.17) is 10.5 Å². The number of benzene rings is 1. The van der Waals surface area contributed by atoms with Crippen molar-refractivity contribution < 1.29 is 13.2 Å². The molecule has 0 aromatic heterocycles. The molecule has 0 radical (unpaired) electrons. The minimum atomic E-state index is -4.50. The van der Waals surface area contributed by atoms with Crippen LogP contribution in [0.25, 0.3) is 6.08 Å². The van der Waals surface area contributed by atoms with Crippen molar-refractivity contribution in [3.63, 3.8) is 0 Å². The number of allylic oxidation sites excluding steroid dienone is 1. The van der Waals surface area contributed by atoms with Crippen LogP contribution in [0.3, 0.4) is 0 Å². The maximum Gasteiger partial charge on any atom is 0.418 e. The molecule has 0 fully saturated rings.